The van der Waals surface area contributed by atoms with E-state index in [0.717, 1.165) is 22.3 Å². The predicted molar refractivity (Wildman–Crippen MR) is 121 cm³/mol. The number of rotatable bonds is 8. The van der Waals surface area contributed by atoms with Crippen LogP contribution in [-0.4, -0.2) is 54.5 Å². The van der Waals surface area contributed by atoms with Crippen LogP contribution in [0, 0.1) is 0 Å². The Labute approximate surface area is 192 Å². The summed E-state index contributed by atoms with van der Waals surface area (Å²) in [6.45, 7) is 2.42. The molecule has 0 aromatic heterocycles. The van der Waals surface area contributed by atoms with Gasteiger partial charge in [-0.15, -0.1) is 0 Å². The largest absolute Gasteiger partial charge is 0.481 e. The molecule has 3 N–H and O–H groups in total. The van der Waals surface area contributed by atoms with Crippen LogP contribution in [0.3, 0.4) is 0 Å². The van der Waals surface area contributed by atoms with Crippen molar-refractivity contribution >= 4 is 18.0 Å². The third-order valence-electron chi connectivity index (χ3n) is 6.14. The summed E-state index contributed by atoms with van der Waals surface area (Å²) < 4.78 is 11.0. The van der Waals surface area contributed by atoms with E-state index >= 15 is 0 Å². The minimum Gasteiger partial charge on any atom is -0.481 e. The Morgan fingerprint density at radius 1 is 1.09 bits per heavy atom. The number of carboxylic acid groups (broad SMARTS) is 1. The van der Waals surface area contributed by atoms with Crippen LogP contribution in [0.4, 0.5) is 4.79 Å². The van der Waals surface area contributed by atoms with Gasteiger partial charge in [0.25, 0.3) is 0 Å². The van der Waals surface area contributed by atoms with Crippen molar-refractivity contribution in [2.24, 2.45) is 0 Å². The molecule has 3 atom stereocenters. The second-order valence-corrected chi connectivity index (χ2v) is 8.54. The second-order valence-electron chi connectivity index (χ2n) is 8.54. The van der Waals surface area contributed by atoms with Gasteiger partial charge in [0, 0.05) is 12.3 Å². The van der Waals surface area contributed by atoms with Crippen molar-refractivity contribution in [3.8, 4) is 11.1 Å². The molecule has 8 heteroatoms. The molecule has 33 heavy (non-hydrogen) atoms. The Morgan fingerprint density at radius 2 is 1.73 bits per heavy atom. The van der Waals surface area contributed by atoms with Crippen molar-refractivity contribution in [3.05, 3.63) is 59.7 Å². The average Bonchev–Trinajstić information content (AvgIpc) is 3.35. The van der Waals surface area contributed by atoms with Gasteiger partial charge in [-0.25, -0.2) is 4.79 Å². The fourth-order valence-electron chi connectivity index (χ4n) is 4.54. The van der Waals surface area contributed by atoms with Gasteiger partial charge in [-0.05, 0) is 42.0 Å². The second kappa shape index (κ2) is 10.0. The Bertz CT molecular complexity index is 994. The number of carbonyl (C=O) groups excluding carboxylic acids is 2. The number of amides is 2. The maximum absolute atomic E-state index is 12.7. The molecule has 0 spiro atoms. The lowest BCUT2D eigenvalue weighted by Crippen LogP contribution is -2.50. The molecule has 2 aromatic rings. The van der Waals surface area contributed by atoms with Crippen LogP contribution in [0.15, 0.2) is 48.5 Å². The molecular weight excluding hydrogens is 424 g/mol. The number of alkyl carbamates (subject to hydrolysis) is 1. The van der Waals surface area contributed by atoms with Gasteiger partial charge in [-0.2, -0.15) is 0 Å². The van der Waals surface area contributed by atoms with Crippen LogP contribution < -0.4 is 10.6 Å². The molecule has 174 valence electrons. The first kappa shape index (κ1) is 22.8. The van der Waals surface area contributed by atoms with E-state index in [4.69, 9.17) is 14.6 Å². The zero-order chi connectivity index (χ0) is 23.4. The molecule has 8 nitrogen and oxygen atoms in total. The fraction of sp³-hybridized carbons (Fsp3) is 0.400. The highest BCUT2D eigenvalue weighted by molar-refractivity contribution is 5.86. The smallest absolute Gasteiger partial charge is 0.407 e. The number of hydrogen-bond donors (Lipinski definition) is 3. The molecule has 2 aliphatic rings. The van der Waals surface area contributed by atoms with Gasteiger partial charge in [-0.3, -0.25) is 9.59 Å². The van der Waals surface area contributed by atoms with E-state index in [9.17, 15) is 14.4 Å². The molecule has 0 radical (unpaired) electrons. The lowest BCUT2D eigenvalue weighted by molar-refractivity contribution is -0.137. The van der Waals surface area contributed by atoms with Crippen LogP contribution in [0.5, 0.6) is 0 Å². The first-order valence-electron chi connectivity index (χ1n) is 11.2. The van der Waals surface area contributed by atoms with Gasteiger partial charge in [0.1, 0.15) is 12.6 Å². The predicted octanol–water partition coefficient (Wildman–Crippen LogP) is 3.05. The summed E-state index contributed by atoms with van der Waals surface area (Å²) in [6.07, 6.45) is -0.322. The zero-order valence-corrected chi connectivity index (χ0v) is 18.5. The van der Waals surface area contributed by atoms with Gasteiger partial charge < -0.3 is 25.2 Å². The summed E-state index contributed by atoms with van der Waals surface area (Å²) in [6, 6.07) is 14.8. The zero-order valence-electron chi connectivity index (χ0n) is 18.5. The third-order valence-corrected chi connectivity index (χ3v) is 6.14. The number of fused-ring (bicyclic) bond motifs is 3. The molecule has 0 saturated carbocycles. The highest BCUT2D eigenvalue weighted by Crippen LogP contribution is 2.44. The molecule has 1 aliphatic carbocycles. The maximum Gasteiger partial charge on any atom is 0.407 e. The van der Waals surface area contributed by atoms with Crippen molar-refractivity contribution in [1.82, 2.24) is 10.6 Å². The molecule has 1 aliphatic heterocycles. The van der Waals surface area contributed by atoms with Crippen molar-refractivity contribution in [2.45, 2.75) is 50.3 Å². The third kappa shape index (κ3) is 5.34. The molecule has 2 amide bonds. The summed E-state index contributed by atoms with van der Waals surface area (Å²) in [5.41, 5.74) is 4.41. The van der Waals surface area contributed by atoms with Crippen LogP contribution in [0.2, 0.25) is 0 Å². The van der Waals surface area contributed by atoms with Gasteiger partial charge in [0.15, 0.2) is 0 Å². The van der Waals surface area contributed by atoms with E-state index in [2.05, 4.69) is 10.6 Å². The molecule has 2 aromatic carbocycles. The lowest BCUT2D eigenvalue weighted by atomic mass is 9.98. The van der Waals surface area contributed by atoms with E-state index in [0.29, 0.717) is 13.0 Å². The van der Waals surface area contributed by atoms with Crippen molar-refractivity contribution in [2.75, 3.05) is 13.2 Å². The first-order chi connectivity index (χ1) is 15.9. The van der Waals surface area contributed by atoms with E-state index in [1.165, 1.54) is 0 Å². The van der Waals surface area contributed by atoms with E-state index < -0.39 is 24.0 Å². The number of nitrogens with one attached hydrogen (secondary N) is 2. The number of aliphatic carboxylic acids is 1. The van der Waals surface area contributed by atoms with E-state index in [1.807, 2.05) is 55.5 Å². The summed E-state index contributed by atoms with van der Waals surface area (Å²) >= 11 is 0. The first-order valence-corrected chi connectivity index (χ1v) is 11.2. The maximum atomic E-state index is 12.7. The Hall–Kier alpha value is -3.39. The number of ether oxygens (including phenoxy) is 2. The fourth-order valence-corrected chi connectivity index (χ4v) is 4.54. The van der Waals surface area contributed by atoms with Crippen molar-refractivity contribution in [1.29, 1.82) is 0 Å². The average molecular weight is 453 g/mol. The van der Waals surface area contributed by atoms with Crippen LogP contribution in [-0.2, 0) is 19.1 Å². The number of carboxylic acids is 1. The number of carbonyl (C=O) groups is 3. The van der Waals surface area contributed by atoms with Crippen molar-refractivity contribution < 1.29 is 29.0 Å². The van der Waals surface area contributed by atoms with E-state index in [1.54, 1.807) is 0 Å². The van der Waals surface area contributed by atoms with Gasteiger partial charge in [0.2, 0.25) is 5.91 Å². The van der Waals surface area contributed by atoms with Crippen LogP contribution in [0.25, 0.3) is 11.1 Å². The van der Waals surface area contributed by atoms with Crippen LogP contribution >= 0.6 is 0 Å². The SMILES string of the molecule is CC1CC(NC(=O)C(CCC(=O)O)NC(=O)OCC2c3ccccc3-c3ccccc32)CO1. The summed E-state index contributed by atoms with van der Waals surface area (Å²) in [7, 11) is 0. The molecule has 3 unspecified atom stereocenters. The molecule has 1 heterocycles. The molecule has 0 bridgehead atoms. The summed E-state index contributed by atoms with van der Waals surface area (Å²) in [5.74, 6) is -1.58. The molecular formula is C25H28N2O6. The van der Waals surface area contributed by atoms with Gasteiger partial charge in [0.05, 0.1) is 18.8 Å². The standard InChI is InChI=1S/C25H28N2O6/c1-15-12-16(13-32-15)26-24(30)22(10-11-23(28)29)27-25(31)33-14-21-19-8-4-2-6-17(19)18-7-3-5-9-20(18)21/h2-9,15-16,21-22H,10-14H2,1H3,(H,26,30)(H,27,31)(H,28,29). The van der Waals surface area contributed by atoms with Crippen molar-refractivity contribution in [3.63, 3.8) is 0 Å². The van der Waals surface area contributed by atoms with Gasteiger partial charge >= 0.3 is 12.1 Å². The lowest BCUT2D eigenvalue weighted by Gasteiger charge is -2.21. The molecule has 1 fully saturated rings. The highest BCUT2D eigenvalue weighted by atomic mass is 16.5. The summed E-state index contributed by atoms with van der Waals surface area (Å²) in [4.78, 5) is 36.3. The Morgan fingerprint density at radius 3 is 2.30 bits per heavy atom. The van der Waals surface area contributed by atoms with E-state index in [-0.39, 0.29) is 37.5 Å². The van der Waals surface area contributed by atoms with Gasteiger partial charge in [-0.1, -0.05) is 48.5 Å². The summed E-state index contributed by atoms with van der Waals surface area (Å²) in [5, 5.41) is 14.4. The van der Waals surface area contributed by atoms with Crippen LogP contribution in [0.1, 0.15) is 43.2 Å². The molecule has 4 rings (SSSR count). The normalized spacial score (nSPS) is 19.9. The monoisotopic (exact) mass is 452 g/mol. The highest BCUT2D eigenvalue weighted by Gasteiger charge is 2.31. The topological polar surface area (TPSA) is 114 Å². The Balaban J connectivity index is 1.39. The minimum atomic E-state index is -1.04. The molecule has 1 saturated heterocycles. The number of hydrogen-bond acceptors (Lipinski definition) is 5. The minimum absolute atomic E-state index is 0.0332. The Kier molecular flexibility index (Phi) is 6.93. The quantitative estimate of drug-likeness (QED) is 0.567. The number of benzene rings is 2.